The minimum Gasteiger partial charge on any atom is -0.444 e. The number of allylic oxidation sites excluding steroid dienone is 2. The second-order valence-electron chi connectivity index (χ2n) is 11.8. The Labute approximate surface area is 257 Å². The number of hydrogen-bond donors (Lipinski definition) is 0. The van der Waals surface area contributed by atoms with Gasteiger partial charge in [-0.15, -0.1) is 11.6 Å². The highest BCUT2D eigenvalue weighted by Gasteiger charge is 2.50. The summed E-state index contributed by atoms with van der Waals surface area (Å²) < 4.78 is 38.0. The van der Waals surface area contributed by atoms with Crippen LogP contribution in [0.4, 0.5) is 15.0 Å². The van der Waals surface area contributed by atoms with E-state index in [0.29, 0.717) is 36.6 Å². The third-order valence-corrected chi connectivity index (χ3v) is 8.26. The van der Waals surface area contributed by atoms with E-state index in [0.717, 1.165) is 14.7 Å². The monoisotopic (exact) mass is 610 g/mol. The van der Waals surface area contributed by atoms with Crippen molar-refractivity contribution in [2.75, 3.05) is 31.6 Å². The van der Waals surface area contributed by atoms with Crippen LogP contribution in [0.2, 0.25) is 0 Å². The Bertz CT molecular complexity index is 1650. The number of carbonyl (C=O) groups is 1. The first-order chi connectivity index (χ1) is 20.9. The molecule has 0 saturated carbocycles. The van der Waals surface area contributed by atoms with E-state index in [1.165, 1.54) is 25.6 Å². The van der Waals surface area contributed by atoms with Gasteiger partial charge in [-0.3, -0.25) is 4.57 Å². The summed E-state index contributed by atoms with van der Waals surface area (Å²) in [5.74, 6) is -0.116. The molecule has 1 saturated heterocycles. The molecule has 5 rings (SSSR count). The molecule has 3 heterocycles. The summed E-state index contributed by atoms with van der Waals surface area (Å²) in [4.78, 5) is 32.6. The van der Waals surface area contributed by atoms with Gasteiger partial charge in [0.25, 0.3) is 0 Å². The summed E-state index contributed by atoms with van der Waals surface area (Å²) in [5.41, 5.74) is 0.392. The summed E-state index contributed by atoms with van der Waals surface area (Å²) in [6, 6.07) is 12.6. The van der Waals surface area contributed by atoms with Crippen LogP contribution in [0, 0.1) is 0 Å². The van der Waals surface area contributed by atoms with Crippen LogP contribution >= 0.6 is 11.6 Å². The average Bonchev–Trinajstić information content (AvgIpc) is 3.35. The number of methoxy groups -OCH3 is 1. The summed E-state index contributed by atoms with van der Waals surface area (Å²) in [6.45, 7) is 8.82. The molecule has 43 heavy (non-hydrogen) atoms. The summed E-state index contributed by atoms with van der Waals surface area (Å²) >= 11 is 7.61. The Hall–Kier alpha value is -3.89. The second-order valence-corrected chi connectivity index (χ2v) is 12.4. The van der Waals surface area contributed by atoms with Crippen molar-refractivity contribution in [2.24, 2.45) is 7.02 Å². The van der Waals surface area contributed by atoms with E-state index in [9.17, 15) is 9.59 Å². The van der Waals surface area contributed by atoms with Crippen molar-refractivity contribution in [3.05, 3.63) is 94.6 Å². The normalized spacial score (nSPS) is 23.2. The van der Waals surface area contributed by atoms with E-state index in [1.807, 2.05) is 58.0 Å². The molecule has 1 fully saturated rings. The number of pyridine rings is 1. The van der Waals surface area contributed by atoms with Crippen molar-refractivity contribution >= 4 is 34.8 Å². The van der Waals surface area contributed by atoms with Crippen molar-refractivity contribution < 1.29 is 20.0 Å². The van der Waals surface area contributed by atoms with Gasteiger partial charge >= 0.3 is 11.8 Å². The van der Waals surface area contributed by atoms with Crippen molar-refractivity contribution in [1.82, 2.24) is 19.0 Å². The molecule has 228 valence electrons. The molecule has 1 aliphatic heterocycles. The number of ether oxygens (including phenoxy) is 2. The molecule has 3 atom stereocenters. The number of carbonyl (C=O) groups excluding carboxylic acids is 1. The number of amides is 1. The third-order valence-electron chi connectivity index (χ3n) is 7.67. The lowest BCUT2D eigenvalue weighted by Gasteiger charge is -2.42. The van der Waals surface area contributed by atoms with E-state index in [4.69, 9.17) is 22.4 Å². The highest BCUT2D eigenvalue weighted by molar-refractivity contribution is 6.31. The van der Waals surface area contributed by atoms with Crippen molar-refractivity contribution in [2.45, 2.75) is 50.3 Å². The van der Waals surface area contributed by atoms with E-state index in [2.05, 4.69) is 9.88 Å². The Kier molecular flexibility index (Phi) is 7.91. The highest BCUT2D eigenvalue weighted by atomic mass is 35.5. The number of halogens is 2. The zero-order valence-electron chi connectivity index (χ0n) is 26.0. The molecule has 0 radical (unpaired) electrons. The SMILES string of the molecule is [2H]Cn1ccn(C2=C(F)C=C(c3ccccc3)C(OC)C2(Cl)c2ccnc(N3CCN(C(=O)OC(C)(C)C)C[C@@H]3C)c2)c1=O. The van der Waals surface area contributed by atoms with Gasteiger partial charge in [0.05, 0.1) is 5.70 Å². The number of rotatable bonds is 5. The largest absolute Gasteiger partial charge is 0.444 e. The molecule has 0 spiro atoms. The van der Waals surface area contributed by atoms with Gasteiger partial charge in [-0.25, -0.2) is 19.0 Å². The lowest BCUT2D eigenvalue weighted by atomic mass is 9.79. The van der Waals surface area contributed by atoms with Crippen LogP contribution in [0.3, 0.4) is 0 Å². The van der Waals surface area contributed by atoms with E-state index >= 15 is 4.39 Å². The molecule has 0 bridgehead atoms. The number of anilines is 1. The maximum Gasteiger partial charge on any atom is 0.410 e. The Morgan fingerprint density at radius 1 is 1.19 bits per heavy atom. The smallest absolute Gasteiger partial charge is 0.410 e. The fourth-order valence-corrected chi connectivity index (χ4v) is 6.21. The number of imidazole rings is 1. The maximum absolute atomic E-state index is 16.4. The number of piperazine rings is 1. The average molecular weight is 611 g/mol. The Balaban J connectivity index is 1.59. The first kappa shape index (κ1) is 29.2. The van der Waals surface area contributed by atoms with E-state index in [1.54, 1.807) is 23.2 Å². The van der Waals surface area contributed by atoms with Gasteiger partial charge < -0.3 is 23.8 Å². The molecule has 9 nitrogen and oxygen atoms in total. The topological polar surface area (TPSA) is 81.8 Å². The van der Waals surface area contributed by atoms with Gasteiger partial charge in [-0.2, -0.15) is 0 Å². The third kappa shape index (κ3) is 5.73. The summed E-state index contributed by atoms with van der Waals surface area (Å²) in [6.07, 6.45) is 4.51. The molecule has 3 aromatic rings. The number of aryl methyl sites for hydroxylation is 1. The zero-order valence-corrected chi connectivity index (χ0v) is 25.7. The second kappa shape index (κ2) is 11.7. The molecular formula is C32H37ClFN5O4. The van der Waals surface area contributed by atoms with Gasteiger partial charge in [0.2, 0.25) is 0 Å². The van der Waals surface area contributed by atoms with Gasteiger partial charge in [-0.1, -0.05) is 30.3 Å². The Morgan fingerprint density at radius 3 is 2.56 bits per heavy atom. The predicted octanol–water partition coefficient (Wildman–Crippen LogP) is 5.41. The molecular weight excluding hydrogens is 573 g/mol. The number of nitrogens with zero attached hydrogens (tertiary/aromatic N) is 5. The first-order valence-corrected chi connectivity index (χ1v) is 14.4. The lowest BCUT2D eigenvalue weighted by molar-refractivity contribution is 0.0218. The molecule has 0 N–H and O–H groups in total. The molecule has 11 heteroatoms. The first-order valence-electron chi connectivity index (χ1n) is 14.8. The van der Waals surface area contributed by atoms with E-state index in [-0.39, 0.29) is 24.9 Å². The number of benzene rings is 1. The van der Waals surface area contributed by atoms with Crippen molar-refractivity contribution in [1.29, 1.82) is 0 Å². The van der Waals surface area contributed by atoms with Gasteiger partial charge in [0.15, 0.2) is 0 Å². The minimum atomic E-state index is -1.71. The fourth-order valence-electron chi connectivity index (χ4n) is 5.70. The van der Waals surface area contributed by atoms with Crippen molar-refractivity contribution in [3.8, 4) is 0 Å². The standard InChI is InChI=1S/C32H37ClFN5O4/c1-21-20-37(30(41)43-31(2,3)4)15-17-38(21)26-18-23(12-13-35-26)32(33)27(39-16-14-36(5)29(39)40)25(34)19-24(28(32)42-6)22-10-8-7-9-11-22/h7-14,16,18-19,21,28H,15,17,20H2,1-6H3/t21-,28?,32?/m0/s1/i5D. The van der Waals surface area contributed by atoms with Crippen molar-refractivity contribution in [3.63, 3.8) is 0 Å². The summed E-state index contributed by atoms with van der Waals surface area (Å²) in [5, 5.41) is 0. The predicted molar refractivity (Wildman–Crippen MR) is 166 cm³/mol. The van der Waals surface area contributed by atoms with Crippen LogP contribution < -0.4 is 10.6 Å². The van der Waals surface area contributed by atoms with Crippen LogP contribution in [-0.4, -0.2) is 69.6 Å². The van der Waals surface area contributed by atoms with Gasteiger partial charge in [0, 0.05) is 59.8 Å². The van der Waals surface area contributed by atoms with Crippen LogP contribution in [0.25, 0.3) is 11.3 Å². The van der Waals surface area contributed by atoms with Crippen LogP contribution in [-0.2, 0) is 21.4 Å². The van der Waals surface area contributed by atoms with Gasteiger partial charge in [0.1, 0.15) is 28.2 Å². The molecule has 2 aliphatic rings. The lowest BCUT2D eigenvalue weighted by Crippen LogP contribution is -2.55. The van der Waals surface area contributed by atoms with E-state index < -0.39 is 28.1 Å². The molecule has 1 aromatic carbocycles. The molecule has 2 unspecified atom stereocenters. The zero-order chi connectivity index (χ0) is 31.8. The number of aromatic nitrogens is 3. The molecule has 2 aromatic heterocycles. The molecule has 1 aliphatic carbocycles. The quantitative estimate of drug-likeness (QED) is 0.359. The highest BCUT2D eigenvalue weighted by Crippen LogP contribution is 2.52. The van der Waals surface area contributed by atoms with Crippen LogP contribution in [0.1, 0.15) is 40.2 Å². The summed E-state index contributed by atoms with van der Waals surface area (Å²) in [7, 11) is 1.17. The maximum atomic E-state index is 16.4. The number of hydrogen-bond acceptors (Lipinski definition) is 6. The van der Waals surface area contributed by atoms with Gasteiger partial charge in [-0.05, 0) is 62.6 Å². The Morgan fingerprint density at radius 2 is 1.93 bits per heavy atom. The molecule has 1 amide bonds. The fraction of sp³-hybridized carbons (Fsp3) is 0.406. The minimum absolute atomic E-state index is 0.108. The van der Waals surface area contributed by atoms with Crippen LogP contribution in [0.5, 0.6) is 0 Å². The van der Waals surface area contributed by atoms with Crippen LogP contribution in [0.15, 0.2) is 77.8 Å². The number of alkyl halides is 1.